The van der Waals surface area contributed by atoms with E-state index in [0.717, 1.165) is 58.8 Å². The predicted molar refractivity (Wildman–Crippen MR) is 141 cm³/mol. The Morgan fingerprint density at radius 3 is 2.44 bits per heavy atom. The number of thiophene rings is 1. The van der Waals surface area contributed by atoms with Gasteiger partial charge in [-0.15, -0.1) is 11.3 Å². The molecule has 2 atom stereocenters. The minimum Gasteiger partial charge on any atom is -0.266 e. The first-order valence-corrected chi connectivity index (χ1v) is 13.4. The number of nitrogens with zero attached hydrogens (tertiary/aromatic N) is 2. The number of allylic oxidation sites excluding steroid dienone is 1. The van der Waals surface area contributed by atoms with Gasteiger partial charge in [-0.05, 0) is 97.2 Å². The quantitative estimate of drug-likeness (QED) is 0.354. The molecule has 172 valence electrons. The molecule has 1 amide bonds. The number of halogens is 2. The minimum atomic E-state index is -0.120. The van der Waals surface area contributed by atoms with E-state index in [2.05, 4.69) is 12.1 Å². The summed E-state index contributed by atoms with van der Waals surface area (Å²) in [6, 6.07) is 17.7. The van der Waals surface area contributed by atoms with Gasteiger partial charge in [0.05, 0.1) is 16.6 Å². The lowest BCUT2D eigenvalue weighted by Gasteiger charge is -2.29. The summed E-state index contributed by atoms with van der Waals surface area (Å²) in [5, 5.41) is 8.20. The van der Waals surface area contributed by atoms with Crippen molar-refractivity contribution in [2.75, 3.05) is 0 Å². The zero-order valence-electron chi connectivity index (χ0n) is 18.6. The number of hydrogen-bond acceptors (Lipinski definition) is 3. The van der Waals surface area contributed by atoms with Crippen LogP contribution in [0.4, 0.5) is 0 Å². The second-order valence-corrected chi connectivity index (χ2v) is 11.3. The van der Waals surface area contributed by atoms with Crippen LogP contribution < -0.4 is 0 Å². The Labute approximate surface area is 213 Å². The zero-order valence-corrected chi connectivity index (χ0v) is 21.0. The molecule has 3 aromatic rings. The molecule has 2 heterocycles. The number of carbonyl (C=O) groups excluding carboxylic acids is 1. The van der Waals surface area contributed by atoms with Crippen LogP contribution in [0.1, 0.15) is 63.0 Å². The highest BCUT2D eigenvalue weighted by atomic mass is 35.5. The SMILES string of the molecule is O=C(c1cc2c(s1)CCC2)N1N=C2C(=Cc3ccc(Cl)cc3)CCCC2C1c1ccc(Cl)cc1. The van der Waals surface area contributed by atoms with Crippen LogP contribution in [0.2, 0.25) is 10.0 Å². The molecule has 1 aromatic heterocycles. The molecule has 0 radical (unpaired) electrons. The van der Waals surface area contributed by atoms with E-state index in [0.29, 0.717) is 5.02 Å². The molecule has 34 heavy (non-hydrogen) atoms. The molecule has 0 spiro atoms. The van der Waals surface area contributed by atoms with Crippen molar-refractivity contribution < 1.29 is 4.79 Å². The van der Waals surface area contributed by atoms with Crippen LogP contribution in [-0.4, -0.2) is 16.6 Å². The fourth-order valence-corrected chi connectivity index (χ4v) is 6.91. The number of benzene rings is 2. The molecule has 2 unspecified atom stereocenters. The molecule has 3 aliphatic rings. The van der Waals surface area contributed by atoms with Gasteiger partial charge in [0.15, 0.2) is 0 Å². The molecule has 3 nitrogen and oxygen atoms in total. The highest BCUT2D eigenvalue weighted by molar-refractivity contribution is 7.14. The second kappa shape index (κ2) is 8.99. The molecule has 2 aromatic carbocycles. The molecule has 6 rings (SSSR count). The first-order valence-electron chi connectivity index (χ1n) is 11.8. The maximum absolute atomic E-state index is 13.8. The monoisotopic (exact) mass is 506 g/mol. The summed E-state index contributed by atoms with van der Waals surface area (Å²) >= 11 is 13.9. The lowest BCUT2D eigenvalue weighted by molar-refractivity contribution is 0.0686. The van der Waals surface area contributed by atoms with E-state index in [9.17, 15) is 4.79 Å². The van der Waals surface area contributed by atoms with Gasteiger partial charge < -0.3 is 0 Å². The van der Waals surface area contributed by atoms with E-state index in [1.807, 2.05) is 48.5 Å². The molecule has 0 N–H and O–H groups in total. The molecule has 0 saturated heterocycles. The topological polar surface area (TPSA) is 32.7 Å². The molecule has 2 aliphatic carbocycles. The smallest absolute Gasteiger partial charge is 0.266 e. The molecular formula is C28H24Cl2N2OS. The third-order valence-corrected chi connectivity index (χ3v) is 8.82. The molecule has 1 aliphatic heterocycles. The van der Waals surface area contributed by atoms with Gasteiger partial charge in [-0.3, -0.25) is 4.79 Å². The summed E-state index contributed by atoms with van der Waals surface area (Å²) in [5.74, 6) is 0.177. The van der Waals surface area contributed by atoms with Crippen LogP contribution >= 0.6 is 34.5 Å². The summed E-state index contributed by atoms with van der Waals surface area (Å²) in [7, 11) is 0. The van der Waals surface area contributed by atoms with Crippen LogP contribution in [0.3, 0.4) is 0 Å². The average molecular weight is 507 g/mol. The van der Waals surface area contributed by atoms with Crippen molar-refractivity contribution in [3.63, 3.8) is 0 Å². The van der Waals surface area contributed by atoms with E-state index >= 15 is 0 Å². The van der Waals surface area contributed by atoms with Crippen molar-refractivity contribution >= 4 is 52.2 Å². The van der Waals surface area contributed by atoms with Gasteiger partial charge in [0.2, 0.25) is 0 Å². The number of hydrogen-bond donors (Lipinski definition) is 0. The number of carbonyl (C=O) groups is 1. The first-order chi connectivity index (χ1) is 16.6. The fourth-order valence-electron chi connectivity index (χ4n) is 5.47. The summed E-state index contributed by atoms with van der Waals surface area (Å²) in [6.07, 6.45) is 8.59. The summed E-state index contributed by atoms with van der Waals surface area (Å²) in [4.78, 5) is 16.0. The summed E-state index contributed by atoms with van der Waals surface area (Å²) < 4.78 is 0. The molecule has 1 fully saturated rings. The lowest BCUT2D eigenvalue weighted by Crippen LogP contribution is -2.31. The van der Waals surface area contributed by atoms with Gasteiger partial charge >= 0.3 is 0 Å². The number of aryl methyl sites for hydroxylation is 2. The highest BCUT2D eigenvalue weighted by Crippen LogP contribution is 2.45. The van der Waals surface area contributed by atoms with Crippen molar-refractivity contribution in [2.45, 2.75) is 44.6 Å². The molecule has 0 bridgehead atoms. The van der Waals surface area contributed by atoms with E-state index < -0.39 is 0 Å². The Hall–Kier alpha value is -2.40. The fraction of sp³-hybridized carbons (Fsp3) is 0.286. The maximum Gasteiger partial charge on any atom is 0.284 e. The molecular weight excluding hydrogens is 483 g/mol. The predicted octanol–water partition coefficient (Wildman–Crippen LogP) is 7.98. The Kier molecular flexibility index (Phi) is 5.84. The van der Waals surface area contributed by atoms with Gasteiger partial charge in [0, 0.05) is 20.8 Å². The van der Waals surface area contributed by atoms with Gasteiger partial charge in [0.25, 0.3) is 5.91 Å². The third kappa shape index (κ3) is 4.02. The summed E-state index contributed by atoms with van der Waals surface area (Å²) in [6.45, 7) is 0. The van der Waals surface area contributed by atoms with E-state index in [1.54, 1.807) is 16.3 Å². The lowest BCUT2D eigenvalue weighted by atomic mass is 9.77. The zero-order chi connectivity index (χ0) is 23.2. The molecule has 1 saturated carbocycles. The van der Waals surface area contributed by atoms with Gasteiger partial charge in [0.1, 0.15) is 0 Å². The van der Waals surface area contributed by atoms with Gasteiger partial charge in [-0.2, -0.15) is 5.10 Å². The maximum atomic E-state index is 13.8. The van der Waals surface area contributed by atoms with Crippen LogP contribution in [0.25, 0.3) is 6.08 Å². The number of rotatable bonds is 3. The van der Waals surface area contributed by atoms with Crippen molar-refractivity contribution in [1.29, 1.82) is 0 Å². The normalized spacial score (nSPS) is 22.6. The Morgan fingerprint density at radius 2 is 1.71 bits per heavy atom. The van der Waals surface area contributed by atoms with E-state index in [-0.39, 0.29) is 17.9 Å². The Morgan fingerprint density at radius 1 is 0.971 bits per heavy atom. The largest absolute Gasteiger partial charge is 0.284 e. The number of amides is 1. The van der Waals surface area contributed by atoms with Crippen molar-refractivity contribution in [2.24, 2.45) is 11.0 Å². The van der Waals surface area contributed by atoms with Crippen LogP contribution in [0.5, 0.6) is 0 Å². The van der Waals surface area contributed by atoms with E-state index in [1.165, 1.54) is 22.4 Å². The standard InChI is InChI=1S/C28H24Cl2N2OS/c29-21-11-7-17(8-12-21)15-20-4-1-5-23-26(20)31-32(27(23)18-9-13-22(30)14-10-18)28(33)25-16-19-3-2-6-24(19)34-25/h7-16,23,27H,1-6H2. The van der Waals surface area contributed by atoms with E-state index in [4.69, 9.17) is 28.3 Å². The van der Waals surface area contributed by atoms with Crippen LogP contribution in [0.15, 0.2) is 65.3 Å². The van der Waals surface area contributed by atoms with Crippen LogP contribution in [0, 0.1) is 5.92 Å². The minimum absolute atomic E-state index is 0.00657. The Balaban J connectivity index is 1.41. The highest BCUT2D eigenvalue weighted by Gasteiger charge is 2.44. The number of fused-ring (bicyclic) bond motifs is 2. The van der Waals surface area contributed by atoms with Crippen LogP contribution in [-0.2, 0) is 12.8 Å². The van der Waals surface area contributed by atoms with Gasteiger partial charge in [-0.1, -0.05) is 47.5 Å². The first kappa shape index (κ1) is 22.1. The molecule has 6 heteroatoms. The van der Waals surface area contributed by atoms with Crippen molar-refractivity contribution in [3.8, 4) is 0 Å². The Bertz CT molecular complexity index is 1290. The second-order valence-electron chi connectivity index (χ2n) is 9.26. The third-order valence-electron chi connectivity index (χ3n) is 7.09. The summed E-state index contributed by atoms with van der Waals surface area (Å²) in [5.41, 5.74) is 5.77. The average Bonchev–Trinajstić information content (AvgIpc) is 3.54. The van der Waals surface area contributed by atoms with Gasteiger partial charge in [-0.25, -0.2) is 5.01 Å². The van der Waals surface area contributed by atoms with Crippen molar-refractivity contribution in [1.82, 2.24) is 5.01 Å². The number of hydrazone groups is 1. The van der Waals surface area contributed by atoms with Crippen molar-refractivity contribution in [3.05, 3.63) is 96.7 Å².